The first-order valence-corrected chi connectivity index (χ1v) is 7.03. The highest BCUT2D eigenvalue weighted by atomic mass is 35.5. The lowest BCUT2D eigenvalue weighted by molar-refractivity contribution is -0.131. The van der Waals surface area contributed by atoms with E-state index in [-0.39, 0.29) is 17.4 Å². The van der Waals surface area contributed by atoms with Crippen LogP contribution in [-0.2, 0) is 11.4 Å². The Hall–Kier alpha value is -2.53. The van der Waals surface area contributed by atoms with Crippen molar-refractivity contribution in [3.05, 3.63) is 64.4 Å². The van der Waals surface area contributed by atoms with Crippen LogP contribution in [0.15, 0.2) is 42.5 Å². The predicted octanol–water partition coefficient (Wildman–Crippen LogP) is 4.16. The van der Waals surface area contributed by atoms with Gasteiger partial charge in [0.15, 0.2) is 11.5 Å². The van der Waals surface area contributed by atoms with E-state index in [9.17, 15) is 9.18 Å². The van der Waals surface area contributed by atoms with Crippen molar-refractivity contribution in [3.63, 3.8) is 0 Å². The maximum Gasteiger partial charge on any atom is 0.328 e. The summed E-state index contributed by atoms with van der Waals surface area (Å²) in [6, 6.07) is 9.20. The molecule has 0 aliphatic carbocycles. The fourth-order valence-corrected chi connectivity index (χ4v) is 2.20. The van der Waals surface area contributed by atoms with Crippen LogP contribution in [0.25, 0.3) is 6.08 Å². The molecule has 2 aromatic rings. The highest BCUT2D eigenvalue weighted by molar-refractivity contribution is 6.32. The van der Waals surface area contributed by atoms with Gasteiger partial charge in [0, 0.05) is 6.08 Å². The monoisotopic (exact) mass is 336 g/mol. The summed E-state index contributed by atoms with van der Waals surface area (Å²) in [5, 5.41) is 8.92. The van der Waals surface area contributed by atoms with Crippen LogP contribution in [0.5, 0.6) is 11.5 Å². The molecule has 120 valence electrons. The lowest BCUT2D eigenvalue weighted by Gasteiger charge is -2.13. The molecular weight excluding hydrogens is 323 g/mol. The molecule has 23 heavy (non-hydrogen) atoms. The smallest absolute Gasteiger partial charge is 0.328 e. The minimum Gasteiger partial charge on any atom is -0.493 e. The van der Waals surface area contributed by atoms with Crippen molar-refractivity contribution in [2.45, 2.75) is 6.61 Å². The van der Waals surface area contributed by atoms with Gasteiger partial charge in [0.1, 0.15) is 12.4 Å². The first kappa shape index (κ1) is 16.8. The highest BCUT2D eigenvalue weighted by Crippen LogP contribution is 2.37. The summed E-state index contributed by atoms with van der Waals surface area (Å²) in [4.78, 5) is 10.6. The van der Waals surface area contributed by atoms with E-state index < -0.39 is 5.97 Å². The molecule has 6 heteroatoms. The van der Waals surface area contributed by atoms with Crippen LogP contribution in [0.4, 0.5) is 4.39 Å². The number of hydrogen-bond donors (Lipinski definition) is 1. The van der Waals surface area contributed by atoms with Gasteiger partial charge in [-0.1, -0.05) is 23.7 Å². The summed E-state index contributed by atoms with van der Waals surface area (Å²) in [7, 11) is 1.45. The van der Waals surface area contributed by atoms with Gasteiger partial charge < -0.3 is 14.6 Å². The zero-order chi connectivity index (χ0) is 16.8. The Balaban J connectivity index is 2.22. The van der Waals surface area contributed by atoms with Crippen LogP contribution in [0.3, 0.4) is 0 Å². The zero-order valence-electron chi connectivity index (χ0n) is 12.3. The molecule has 0 unspecified atom stereocenters. The van der Waals surface area contributed by atoms with E-state index >= 15 is 0 Å². The molecule has 0 aliphatic rings. The second kappa shape index (κ2) is 7.65. The average Bonchev–Trinajstić information content (AvgIpc) is 2.51. The van der Waals surface area contributed by atoms with Gasteiger partial charge in [-0.2, -0.15) is 0 Å². The van der Waals surface area contributed by atoms with Crippen molar-refractivity contribution < 1.29 is 23.8 Å². The van der Waals surface area contributed by atoms with E-state index in [2.05, 4.69) is 0 Å². The molecule has 0 spiro atoms. The third-order valence-corrected chi connectivity index (χ3v) is 3.22. The first-order chi connectivity index (χ1) is 11.0. The number of aliphatic carboxylic acids is 1. The van der Waals surface area contributed by atoms with Crippen LogP contribution in [0.2, 0.25) is 5.02 Å². The Labute approximate surface area is 137 Å². The van der Waals surface area contributed by atoms with Crippen molar-refractivity contribution in [3.8, 4) is 11.5 Å². The number of carbonyl (C=O) groups is 1. The summed E-state index contributed by atoms with van der Waals surface area (Å²) < 4.78 is 24.0. The molecule has 0 saturated heterocycles. The maximum atomic E-state index is 13.2. The van der Waals surface area contributed by atoms with Crippen LogP contribution in [-0.4, -0.2) is 18.2 Å². The van der Waals surface area contributed by atoms with Gasteiger partial charge in [-0.05, 0) is 41.5 Å². The largest absolute Gasteiger partial charge is 0.493 e. The van der Waals surface area contributed by atoms with Gasteiger partial charge in [-0.15, -0.1) is 0 Å². The highest BCUT2D eigenvalue weighted by Gasteiger charge is 2.12. The molecule has 2 aromatic carbocycles. The molecule has 4 nitrogen and oxygen atoms in total. The summed E-state index contributed by atoms with van der Waals surface area (Å²) in [6.07, 6.45) is 2.39. The van der Waals surface area contributed by atoms with Gasteiger partial charge in [0.05, 0.1) is 12.1 Å². The van der Waals surface area contributed by atoms with E-state index in [4.69, 9.17) is 26.2 Å². The number of carboxylic acids is 1. The molecule has 0 aromatic heterocycles. The van der Waals surface area contributed by atoms with Gasteiger partial charge in [0.25, 0.3) is 0 Å². The lowest BCUT2D eigenvalue weighted by atomic mass is 10.2. The number of benzene rings is 2. The maximum absolute atomic E-state index is 13.2. The van der Waals surface area contributed by atoms with E-state index in [1.807, 2.05) is 0 Å². The minimum absolute atomic E-state index is 0.123. The molecule has 2 rings (SSSR count). The number of hydrogen-bond acceptors (Lipinski definition) is 3. The summed E-state index contributed by atoms with van der Waals surface area (Å²) in [5.74, 6) is -0.741. The van der Waals surface area contributed by atoms with Gasteiger partial charge in [-0.3, -0.25) is 0 Å². The molecule has 0 aliphatic heterocycles. The number of ether oxygens (including phenoxy) is 2. The summed E-state index contributed by atoms with van der Waals surface area (Å²) in [6.45, 7) is 0.123. The van der Waals surface area contributed by atoms with Gasteiger partial charge in [-0.25, -0.2) is 9.18 Å². The van der Waals surface area contributed by atoms with Gasteiger partial charge >= 0.3 is 5.97 Å². The zero-order valence-corrected chi connectivity index (χ0v) is 13.0. The first-order valence-electron chi connectivity index (χ1n) is 6.65. The number of halogens is 2. The number of methoxy groups -OCH3 is 1. The quantitative estimate of drug-likeness (QED) is 0.805. The Bertz CT molecular complexity index is 743. The van der Waals surface area contributed by atoms with E-state index in [0.29, 0.717) is 22.6 Å². The van der Waals surface area contributed by atoms with E-state index in [1.165, 1.54) is 25.3 Å². The van der Waals surface area contributed by atoms with Crippen LogP contribution < -0.4 is 9.47 Å². The third-order valence-electron chi connectivity index (χ3n) is 2.94. The molecule has 0 radical (unpaired) electrons. The van der Waals surface area contributed by atoms with Crippen molar-refractivity contribution in [2.75, 3.05) is 7.11 Å². The molecule has 1 N–H and O–H groups in total. The van der Waals surface area contributed by atoms with Crippen molar-refractivity contribution in [2.24, 2.45) is 0 Å². The molecule has 0 bridgehead atoms. The van der Waals surface area contributed by atoms with Gasteiger partial charge in [0.2, 0.25) is 0 Å². The summed E-state index contributed by atoms with van der Waals surface area (Å²) in [5.41, 5.74) is 1.21. The number of rotatable bonds is 6. The van der Waals surface area contributed by atoms with E-state index in [1.54, 1.807) is 24.3 Å². The number of carboxylic acid groups (broad SMARTS) is 1. The van der Waals surface area contributed by atoms with Crippen LogP contribution >= 0.6 is 11.6 Å². The van der Waals surface area contributed by atoms with Crippen molar-refractivity contribution in [1.29, 1.82) is 0 Å². The Kier molecular flexibility index (Phi) is 5.60. The minimum atomic E-state index is -1.06. The fourth-order valence-electron chi connectivity index (χ4n) is 1.93. The van der Waals surface area contributed by atoms with Crippen molar-refractivity contribution in [1.82, 2.24) is 0 Å². The molecular formula is C17H14ClFO4. The topological polar surface area (TPSA) is 55.8 Å². The molecule has 0 fully saturated rings. The summed E-state index contributed by atoms with van der Waals surface area (Å²) >= 11 is 6.17. The SMILES string of the molecule is COc1cc(C=CC(=O)O)cc(Cl)c1OCc1cccc(F)c1. The van der Waals surface area contributed by atoms with Crippen LogP contribution in [0.1, 0.15) is 11.1 Å². The second-order valence-electron chi connectivity index (χ2n) is 4.62. The normalized spacial score (nSPS) is 10.7. The lowest BCUT2D eigenvalue weighted by Crippen LogP contribution is -1.99. The standard InChI is InChI=1S/C17H14ClFO4/c1-22-15-9-11(5-6-16(20)21)8-14(18)17(15)23-10-12-3-2-4-13(19)7-12/h2-9H,10H2,1H3,(H,20,21). The Morgan fingerprint density at radius 1 is 1.35 bits per heavy atom. The fraction of sp³-hybridized carbons (Fsp3) is 0.118. The second-order valence-corrected chi connectivity index (χ2v) is 5.03. The van der Waals surface area contributed by atoms with Crippen LogP contribution in [0, 0.1) is 5.82 Å². The third kappa shape index (κ3) is 4.72. The average molecular weight is 337 g/mol. The Morgan fingerprint density at radius 3 is 2.78 bits per heavy atom. The van der Waals surface area contributed by atoms with E-state index in [0.717, 1.165) is 6.08 Å². The Morgan fingerprint density at radius 2 is 2.13 bits per heavy atom. The molecule has 0 heterocycles. The predicted molar refractivity (Wildman–Crippen MR) is 85.4 cm³/mol. The molecule has 0 atom stereocenters. The van der Waals surface area contributed by atoms with Crippen molar-refractivity contribution >= 4 is 23.6 Å². The molecule has 0 amide bonds. The molecule has 0 saturated carbocycles.